The normalized spacial score (nSPS) is 13.8. The Kier molecular flexibility index (Phi) is 7.63. The van der Waals surface area contributed by atoms with E-state index in [-0.39, 0.29) is 28.3 Å². The summed E-state index contributed by atoms with van der Waals surface area (Å²) in [6, 6.07) is 13.6. The van der Waals surface area contributed by atoms with Crippen LogP contribution < -0.4 is 15.0 Å². The Morgan fingerprint density at radius 1 is 1.07 bits per heavy atom. The molecule has 4 aromatic rings. The van der Waals surface area contributed by atoms with E-state index in [0.29, 0.717) is 49.5 Å². The van der Waals surface area contributed by atoms with E-state index >= 15 is 0 Å². The number of fused-ring (bicyclic) bond motifs is 1. The third kappa shape index (κ3) is 5.32. The number of aromatic nitrogens is 3. The molecule has 0 radical (unpaired) electrons. The predicted octanol–water partition coefficient (Wildman–Crippen LogP) is 3.66. The van der Waals surface area contributed by atoms with Crippen molar-refractivity contribution in [2.75, 3.05) is 57.2 Å². The lowest BCUT2D eigenvalue weighted by Gasteiger charge is -2.27. The predicted molar refractivity (Wildman–Crippen MR) is 153 cm³/mol. The summed E-state index contributed by atoms with van der Waals surface area (Å²) in [6.07, 6.45) is 1.46. The van der Waals surface area contributed by atoms with Crippen LogP contribution in [0.1, 0.15) is 22.8 Å². The third-order valence-electron chi connectivity index (χ3n) is 6.61. The number of ether oxygens (including phenoxy) is 2. The molecule has 0 spiro atoms. The molecule has 1 amide bonds. The number of morpholine rings is 1. The molecular weight excluding hydrogens is 532 g/mol. The Labute approximate surface area is 233 Å². The van der Waals surface area contributed by atoms with Crippen LogP contribution in [0.5, 0.6) is 5.88 Å². The summed E-state index contributed by atoms with van der Waals surface area (Å²) in [5.74, 6) is 0.358. The number of anilines is 3. The molecule has 12 heteroatoms. The molecular formula is C28H32N6O5S. The second-order valence-corrected chi connectivity index (χ2v) is 11.4. The van der Waals surface area contributed by atoms with Gasteiger partial charge in [0.15, 0.2) is 5.65 Å². The Morgan fingerprint density at radius 3 is 2.48 bits per heavy atom. The van der Waals surface area contributed by atoms with Gasteiger partial charge in [0, 0.05) is 38.9 Å². The zero-order valence-corrected chi connectivity index (χ0v) is 23.7. The van der Waals surface area contributed by atoms with Crippen LogP contribution in [0.3, 0.4) is 0 Å². The van der Waals surface area contributed by atoms with Crippen molar-refractivity contribution in [2.24, 2.45) is 0 Å². The number of aryl methyl sites for hydroxylation is 1. The van der Waals surface area contributed by atoms with E-state index in [1.165, 1.54) is 6.20 Å². The maximum atomic E-state index is 13.5. The molecule has 1 saturated heterocycles. The molecule has 0 saturated carbocycles. The Bertz CT molecular complexity index is 1640. The molecule has 11 nitrogen and oxygen atoms in total. The molecule has 5 rings (SSSR count). The number of hydrogen-bond acceptors (Lipinski definition) is 9. The first-order chi connectivity index (χ1) is 19.2. The van der Waals surface area contributed by atoms with Gasteiger partial charge in [-0.25, -0.2) is 12.4 Å². The van der Waals surface area contributed by atoms with Gasteiger partial charge in [0.1, 0.15) is 0 Å². The van der Waals surface area contributed by atoms with Crippen molar-refractivity contribution < 1.29 is 22.7 Å². The molecule has 0 atom stereocenters. The number of rotatable bonds is 8. The molecule has 0 unspecified atom stereocenters. The summed E-state index contributed by atoms with van der Waals surface area (Å²) in [4.78, 5) is 26.0. The van der Waals surface area contributed by atoms with Gasteiger partial charge in [-0.2, -0.15) is 9.97 Å². The highest BCUT2D eigenvalue weighted by molar-refractivity contribution is 7.90. The number of hydrogen-bond donors (Lipinski definition) is 1. The highest BCUT2D eigenvalue weighted by atomic mass is 32.2. The molecule has 2 aromatic heterocycles. The second-order valence-electron chi connectivity index (χ2n) is 9.61. The first-order valence-corrected chi connectivity index (χ1v) is 14.4. The number of amides is 1. The van der Waals surface area contributed by atoms with Gasteiger partial charge in [-0.05, 0) is 50.2 Å². The van der Waals surface area contributed by atoms with Crippen molar-refractivity contribution in [3.63, 3.8) is 0 Å². The van der Waals surface area contributed by atoms with E-state index in [9.17, 15) is 13.2 Å². The molecule has 1 aliphatic heterocycles. The number of nitrogens with zero attached hydrogens (tertiary/aromatic N) is 5. The average molecular weight is 565 g/mol. The van der Waals surface area contributed by atoms with Crippen LogP contribution in [0.25, 0.3) is 11.0 Å². The van der Waals surface area contributed by atoms with Gasteiger partial charge in [0.05, 0.1) is 41.5 Å². The largest absolute Gasteiger partial charge is 0.477 e. The fourth-order valence-corrected chi connectivity index (χ4v) is 5.79. The highest BCUT2D eigenvalue weighted by Gasteiger charge is 2.24. The molecule has 40 heavy (non-hydrogen) atoms. The van der Waals surface area contributed by atoms with Crippen molar-refractivity contribution in [3.05, 3.63) is 65.9 Å². The van der Waals surface area contributed by atoms with Crippen LogP contribution in [0.15, 0.2) is 59.6 Å². The maximum Gasteiger partial charge on any atom is 0.269 e. The van der Waals surface area contributed by atoms with Crippen LogP contribution in [-0.4, -0.2) is 80.2 Å². The van der Waals surface area contributed by atoms with Crippen LogP contribution in [0.4, 0.5) is 17.3 Å². The smallest absolute Gasteiger partial charge is 0.269 e. The minimum atomic E-state index is -3.92. The van der Waals surface area contributed by atoms with Gasteiger partial charge in [0.25, 0.3) is 15.9 Å². The lowest BCUT2D eigenvalue weighted by molar-refractivity contribution is 0.0303. The zero-order chi connectivity index (χ0) is 28.4. The van der Waals surface area contributed by atoms with Gasteiger partial charge < -0.3 is 24.6 Å². The van der Waals surface area contributed by atoms with Gasteiger partial charge >= 0.3 is 0 Å². The Morgan fingerprint density at radius 2 is 1.80 bits per heavy atom. The minimum absolute atomic E-state index is 0.0617. The summed E-state index contributed by atoms with van der Waals surface area (Å²) < 4.78 is 39.3. The van der Waals surface area contributed by atoms with E-state index in [4.69, 9.17) is 9.47 Å². The fraction of sp³-hybridized carbons (Fsp3) is 0.321. The van der Waals surface area contributed by atoms with E-state index in [1.54, 1.807) is 47.4 Å². The first-order valence-electron chi connectivity index (χ1n) is 13.0. The summed E-state index contributed by atoms with van der Waals surface area (Å²) in [5, 5.41) is 3.68. The van der Waals surface area contributed by atoms with E-state index < -0.39 is 10.0 Å². The second kappa shape index (κ2) is 11.1. The third-order valence-corrected chi connectivity index (χ3v) is 8.29. The van der Waals surface area contributed by atoms with Crippen molar-refractivity contribution in [1.29, 1.82) is 0 Å². The van der Waals surface area contributed by atoms with Crippen molar-refractivity contribution in [1.82, 2.24) is 18.8 Å². The van der Waals surface area contributed by atoms with Gasteiger partial charge in [0.2, 0.25) is 11.8 Å². The van der Waals surface area contributed by atoms with Gasteiger partial charge in [-0.1, -0.05) is 17.7 Å². The van der Waals surface area contributed by atoms with E-state index in [1.807, 2.05) is 38.9 Å². The average Bonchev–Trinajstić information content (AvgIpc) is 3.39. The zero-order valence-electron chi connectivity index (χ0n) is 22.9. The fourth-order valence-electron chi connectivity index (χ4n) is 4.49. The molecule has 3 heterocycles. The number of nitrogens with one attached hydrogen (secondary N) is 1. The van der Waals surface area contributed by atoms with E-state index in [0.717, 1.165) is 15.2 Å². The molecule has 2 aromatic carbocycles. The Hall–Kier alpha value is -4.16. The van der Waals surface area contributed by atoms with E-state index in [2.05, 4.69) is 15.3 Å². The van der Waals surface area contributed by atoms with Crippen LogP contribution in [-0.2, 0) is 14.8 Å². The molecule has 1 aliphatic rings. The van der Waals surface area contributed by atoms with Crippen molar-refractivity contribution in [3.8, 4) is 5.88 Å². The quantitative estimate of drug-likeness (QED) is 0.342. The van der Waals surface area contributed by atoms with Crippen molar-refractivity contribution >= 4 is 44.3 Å². The summed E-state index contributed by atoms with van der Waals surface area (Å²) in [7, 11) is -0.177. The summed E-state index contributed by atoms with van der Waals surface area (Å²) in [6.45, 7) is 6.21. The molecule has 0 aliphatic carbocycles. The molecule has 210 valence electrons. The molecule has 1 N–H and O–H groups in total. The topological polar surface area (TPSA) is 119 Å². The number of carbonyl (C=O) groups excluding carboxylic acids is 1. The minimum Gasteiger partial charge on any atom is -0.477 e. The van der Waals surface area contributed by atoms with Gasteiger partial charge in [-0.15, -0.1) is 0 Å². The summed E-state index contributed by atoms with van der Waals surface area (Å²) >= 11 is 0. The lowest BCUT2D eigenvalue weighted by atomic mass is 10.1. The van der Waals surface area contributed by atoms with Crippen LogP contribution in [0.2, 0.25) is 0 Å². The summed E-state index contributed by atoms with van der Waals surface area (Å²) in [5.41, 5.74) is 3.08. The molecule has 1 fully saturated rings. The molecule has 0 bridgehead atoms. The lowest BCUT2D eigenvalue weighted by Crippen LogP contribution is -2.40. The van der Waals surface area contributed by atoms with Crippen LogP contribution in [0, 0.1) is 6.92 Å². The Balaban J connectivity index is 1.54. The maximum absolute atomic E-state index is 13.5. The standard InChI is InChI=1S/C28H32N6O5S/c1-5-39-26-22-12-13-34(40(36,37)21-9-6-19(2)7-10-21)25(22)30-28(31-26)29-23-11-8-20(18-24(23)32(3)4)27(35)33-14-16-38-17-15-33/h6-13,18H,5,14-17H2,1-4H3,(H,29,30,31). The number of carbonyl (C=O) groups is 1. The van der Waals surface area contributed by atoms with Crippen molar-refractivity contribution in [2.45, 2.75) is 18.7 Å². The monoisotopic (exact) mass is 564 g/mol. The first kappa shape index (κ1) is 27.4. The SMILES string of the molecule is CCOc1nc(Nc2ccc(C(=O)N3CCOCC3)cc2N(C)C)nc2c1ccn2S(=O)(=O)c1ccc(C)cc1. The van der Waals surface area contributed by atoms with Crippen LogP contribution >= 0.6 is 0 Å². The van der Waals surface area contributed by atoms with Gasteiger partial charge in [-0.3, -0.25) is 4.79 Å². The highest BCUT2D eigenvalue weighted by Crippen LogP contribution is 2.32. The number of benzene rings is 2.